The van der Waals surface area contributed by atoms with Crippen LogP contribution in [0.1, 0.15) is 38.7 Å². The first-order chi connectivity index (χ1) is 9.66. The average Bonchev–Trinajstić information content (AvgIpc) is 2.45. The van der Waals surface area contributed by atoms with Gasteiger partial charge in [-0.2, -0.15) is 0 Å². The molecule has 0 heterocycles. The lowest BCUT2D eigenvalue weighted by molar-refractivity contribution is -0.119. The SMILES string of the molecule is CC1CCCC(NC(=O)CSCc2ccccc2)C1C. The Bertz CT molecular complexity index is 420. The highest BCUT2D eigenvalue weighted by atomic mass is 32.2. The molecular weight excluding hydrogens is 266 g/mol. The standard InChI is InChI=1S/C17H25NOS/c1-13-7-6-10-16(14(13)2)18-17(19)12-20-11-15-8-4-3-5-9-15/h3-5,8-9,13-14,16H,6-7,10-12H2,1-2H3,(H,18,19). The minimum Gasteiger partial charge on any atom is -0.352 e. The summed E-state index contributed by atoms with van der Waals surface area (Å²) in [6.45, 7) is 4.57. The van der Waals surface area contributed by atoms with Crippen molar-refractivity contribution in [2.24, 2.45) is 11.8 Å². The van der Waals surface area contributed by atoms with Gasteiger partial charge in [0.2, 0.25) is 5.91 Å². The van der Waals surface area contributed by atoms with Crippen LogP contribution in [0, 0.1) is 11.8 Å². The summed E-state index contributed by atoms with van der Waals surface area (Å²) in [6.07, 6.45) is 3.69. The summed E-state index contributed by atoms with van der Waals surface area (Å²) in [6, 6.07) is 10.7. The number of thioether (sulfide) groups is 1. The summed E-state index contributed by atoms with van der Waals surface area (Å²) in [5, 5.41) is 3.23. The van der Waals surface area contributed by atoms with Gasteiger partial charge in [0, 0.05) is 11.8 Å². The van der Waals surface area contributed by atoms with Crippen molar-refractivity contribution >= 4 is 17.7 Å². The molecule has 1 aliphatic rings. The summed E-state index contributed by atoms with van der Waals surface area (Å²) >= 11 is 1.69. The normalized spacial score (nSPS) is 26.2. The molecule has 2 nitrogen and oxygen atoms in total. The smallest absolute Gasteiger partial charge is 0.230 e. The Labute approximate surface area is 126 Å². The second kappa shape index (κ2) is 7.72. The zero-order valence-electron chi connectivity index (χ0n) is 12.5. The molecule has 1 N–H and O–H groups in total. The monoisotopic (exact) mass is 291 g/mol. The van der Waals surface area contributed by atoms with E-state index in [2.05, 4.69) is 31.3 Å². The molecular formula is C17H25NOS. The van der Waals surface area contributed by atoms with Crippen LogP contribution in [0.15, 0.2) is 30.3 Å². The van der Waals surface area contributed by atoms with E-state index in [1.54, 1.807) is 11.8 Å². The highest BCUT2D eigenvalue weighted by Gasteiger charge is 2.27. The lowest BCUT2D eigenvalue weighted by Gasteiger charge is -2.34. The molecule has 0 radical (unpaired) electrons. The van der Waals surface area contributed by atoms with E-state index < -0.39 is 0 Å². The molecule has 1 saturated carbocycles. The first kappa shape index (κ1) is 15.4. The van der Waals surface area contributed by atoms with E-state index in [0.717, 1.165) is 18.1 Å². The largest absolute Gasteiger partial charge is 0.352 e. The van der Waals surface area contributed by atoms with E-state index in [9.17, 15) is 4.79 Å². The third-order valence-corrected chi connectivity index (χ3v) is 5.40. The molecule has 1 amide bonds. The van der Waals surface area contributed by atoms with Crippen LogP contribution in [0.2, 0.25) is 0 Å². The third-order valence-electron chi connectivity index (χ3n) is 4.40. The van der Waals surface area contributed by atoms with E-state index in [-0.39, 0.29) is 5.91 Å². The molecule has 1 aliphatic carbocycles. The van der Waals surface area contributed by atoms with E-state index in [4.69, 9.17) is 0 Å². The van der Waals surface area contributed by atoms with E-state index in [0.29, 0.717) is 17.7 Å². The van der Waals surface area contributed by atoms with Gasteiger partial charge in [0.25, 0.3) is 0 Å². The Kier molecular flexibility index (Phi) is 5.96. The first-order valence-electron chi connectivity index (χ1n) is 7.58. The van der Waals surface area contributed by atoms with Crippen LogP contribution in [0.3, 0.4) is 0 Å². The Morgan fingerprint density at radius 2 is 2.00 bits per heavy atom. The number of hydrogen-bond acceptors (Lipinski definition) is 2. The number of carbonyl (C=O) groups excluding carboxylic acids is 1. The number of rotatable bonds is 5. The summed E-state index contributed by atoms with van der Waals surface area (Å²) in [5.41, 5.74) is 1.28. The van der Waals surface area contributed by atoms with E-state index in [1.807, 2.05) is 18.2 Å². The Hall–Kier alpha value is -0.960. The number of nitrogens with one attached hydrogen (secondary N) is 1. The van der Waals surface area contributed by atoms with Crippen molar-refractivity contribution in [3.05, 3.63) is 35.9 Å². The minimum atomic E-state index is 0.192. The summed E-state index contributed by atoms with van der Waals surface area (Å²) in [7, 11) is 0. The molecule has 1 fully saturated rings. The second-order valence-corrected chi connectivity index (χ2v) is 6.91. The van der Waals surface area contributed by atoms with Gasteiger partial charge in [0.05, 0.1) is 5.75 Å². The fraction of sp³-hybridized carbons (Fsp3) is 0.588. The van der Waals surface area contributed by atoms with Crippen LogP contribution in [0.4, 0.5) is 0 Å². The molecule has 3 heteroatoms. The molecule has 0 aliphatic heterocycles. The fourth-order valence-corrected chi connectivity index (χ4v) is 3.67. The summed E-state index contributed by atoms with van der Waals surface area (Å²) < 4.78 is 0. The Morgan fingerprint density at radius 3 is 2.75 bits per heavy atom. The van der Waals surface area contributed by atoms with Gasteiger partial charge >= 0.3 is 0 Å². The highest BCUT2D eigenvalue weighted by Crippen LogP contribution is 2.29. The first-order valence-corrected chi connectivity index (χ1v) is 8.73. The highest BCUT2D eigenvalue weighted by molar-refractivity contribution is 7.99. The summed E-state index contributed by atoms with van der Waals surface area (Å²) in [4.78, 5) is 12.0. The molecule has 3 unspecified atom stereocenters. The van der Waals surface area contributed by atoms with Gasteiger partial charge in [-0.25, -0.2) is 0 Å². The second-order valence-electron chi connectivity index (χ2n) is 5.92. The predicted octanol–water partition coefficient (Wildman–Crippen LogP) is 3.86. The van der Waals surface area contributed by atoms with Crippen molar-refractivity contribution in [1.82, 2.24) is 5.32 Å². The molecule has 0 aromatic heterocycles. The summed E-state index contributed by atoms with van der Waals surface area (Å²) in [5.74, 6) is 2.99. The van der Waals surface area contributed by atoms with Crippen LogP contribution in [0.5, 0.6) is 0 Å². The van der Waals surface area contributed by atoms with Gasteiger partial charge in [-0.3, -0.25) is 4.79 Å². The van der Waals surface area contributed by atoms with Crippen molar-refractivity contribution in [3.63, 3.8) is 0 Å². The number of hydrogen-bond donors (Lipinski definition) is 1. The van der Waals surface area contributed by atoms with E-state index >= 15 is 0 Å². The Balaban J connectivity index is 1.70. The van der Waals surface area contributed by atoms with Gasteiger partial charge in [-0.1, -0.05) is 57.0 Å². The van der Waals surface area contributed by atoms with Crippen molar-refractivity contribution in [1.29, 1.82) is 0 Å². The predicted molar refractivity (Wildman–Crippen MR) is 86.7 cm³/mol. The quantitative estimate of drug-likeness (QED) is 0.892. The zero-order chi connectivity index (χ0) is 14.4. The van der Waals surface area contributed by atoms with Gasteiger partial charge < -0.3 is 5.32 Å². The third kappa shape index (κ3) is 4.55. The van der Waals surface area contributed by atoms with Crippen LogP contribution in [-0.2, 0) is 10.5 Å². The molecule has 0 saturated heterocycles. The maximum atomic E-state index is 12.0. The lowest BCUT2D eigenvalue weighted by atomic mass is 9.78. The van der Waals surface area contributed by atoms with Crippen LogP contribution < -0.4 is 5.32 Å². The molecule has 1 aromatic carbocycles. The fourth-order valence-electron chi connectivity index (χ4n) is 2.87. The molecule has 2 rings (SSSR count). The van der Waals surface area contributed by atoms with Gasteiger partial charge in [-0.05, 0) is 23.8 Å². The molecule has 110 valence electrons. The van der Waals surface area contributed by atoms with E-state index in [1.165, 1.54) is 18.4 Å². The van der Waals surface area contributed by atoms with Crippen LogP contribution >= 0.6 is 11.8 Å². The maximum absolute atomic E-state index is 12.0. The number of carbonyl (C=O) groups is 1. The molecule has 0 spiro atoms. The molecule has 3 atom stereocenters. The van der Waals surface area contributed by atoms with Crippen LogP contribution in [-0.4, -0.2) is 17.7 Å². The van der Waals surface area contributed by atoms with Crippen LogP contribution in [0.25, 0.3) is 0 Å². The van der Waals surface area contributed by atoms with Crippen molar-refractivity contribution < 1.29 is 4.79 Å². The average molecular weight is 291 g/mol. The topological polar surface area (TPSA) is 29.1 Å². The van der Waals surface area contributed by atoms with Crippen molar-refractivity contribution in [2.45, 2.75) is 44.9 Å². The molecule has 20 heavy (non-hydrogen) atoms. The van der Waals surface area contributed by atoms with Crippen molar-refractivity contribution in [2.75, 3.05) is 5.75 Å². The van der Waals surface area contributed by atoms with Gasteiger partial charge in [0.1, 0.15) is 0 Å². The Morgan fingerprint density at radius 1 is 1.25 bits per heavy atom. The maximum Gasteiger partial charge on any atom is 0.230 e. The molecule has 1 aromatic rings. The molecule has 0 bridgehead atoms. The minimum absolute atomic E-state index is 0.192. The zero-order valence-corrected chi connectivity index (χ0v) is 13.3. The number of benzene rings is 1. The van der Waals surface area contributed by atoms with Gasteiger partial charge in [0.15, 0.2) is 0 Å². The van der Waals surface area contributed by atoms with Crippen molar-refractivity contribution in [3.8, 4) is 0 Å². The number of amides is 1. The van der Waals surface area contributed by atoms with Gasteiger partial charge in [-0.15, -0.1) is 11.8 Å². The lowest BCUT2D eigenvalue weighted by Crippen LogP contribution is -2.44.